The van der Waals surface area contributed by atoms with Crippen LogP contribution in [0.25, 0.3) is 105 Å². The largest absolute Gasteiger partial charge is 0.311 e. The third-order valence-corrected chi connectivity index (χ3v) is 18.3. The molecule has 15 rings (SSSR count). The lowest BCUT2D eigenvalue weighted by Crippen LogP contribution is -2.09. The van der Waals surface area contributed by atoms with E-state index in [-0.39, 0.29) is 0 Å². The Balaban J connectivity index is 0.742. The van der Waals surface area contributed by atoms with E-state index in [1.165, 1.54) is 128 Å². The van der Waals surface area contributed by atoms with Crippen LogP contribution in [0.3, 0.4) is 0 Å². The minimum atomic E-state index is 1.10. The summed E-state index contributed by atoms with van der Waals surface area (Å²) in [5.41, 5.74) is 33.2. The summed E-state index contributed by atoms with van der Waals surface area (Å²) >= 11 is 0. The Morgan fingerprint density at radius 2 is 0.457 bits per heavy atom. The highest BCUT2D eigenvalue weighted by atomic mass is 15.1. The molecule has 440 valence electrons. The van der Waals surface area contributed by atoms with Crippen LogP contribution in [0.15, 0.2) is 328 Å². The molecule has 0 spiro atoms. The van der Waals surface area contributed by atoms with Crippen molar-refractivity contribution in [3.8, 4) is 83.6 Å². The third-order valence-electron chi connectivity index (χ3n) is 18.3. The number of hydrogen-bond acceptors (Lipinski definition) is 2. The van der Waals surface area contributed by atoms with Gasteiger partial charge in [-0.2, -0.15) is 0 Å². The van der Waals surface area contributed by atoms with Gasteiger partial charge in [0.15, 0.2) is 0 Å². The van der Waals surface area contributed by atoms with Crippen molar-refractivity contribution >= 4 is 55.9 Å². The van der Waals surface area contributed by atoms with Crippen LogP contribution in [-0.2, 0) is 0 Å². The molecule has 1 aromatic heterocycles. The summed E-state index contributed by atoms with van der Waals surface area (Å²) in [6, 6.07) is 120. The number of aryl methyl sites for hydroxylation is 5. The van der Waals surface area contributed by atoms with Crippen molar-refractivity contribution in [2.45, 2.75) is 34.6 Å². The highest BCUT2D eigenvalue weighted by Crippen LogP contribution is 2.43. The normalized spacial score (nSPS) is 11.3. The number of anilines is 6. The van der Waals surface area contributed by atoms with E-state index in [1.54, 1.807) is 0 Å². The number of fused-ring (bicyclic) bond motifs is 3. The first kappa shape index (κ1) is 57.0. The minimum Gasteiger partial charge on any atom is -0.311 e. The number of aromatic nitrogens is 1. The third kappa shape index (κ3) is 11.3. The van der Waals surface area contributed by atoms with Gasteiger partial charge in [0, 0.05) is 50.6 Å². The van der Waals surface area contributed by atoms with Crippen molar-refractivity contribution in [3.63, 3.8) is 0 Å². The van der Waals surface area contributed by atoms with Gasteiger partial charge in [0.25, 0.3) is 0 Å². The lowest BCUT2D eigenvalue weighted by molar-refractivity contribution is 1.18. The number of benzene rings is 14. The van der Waals surface area contributed by atoms with E-state index < -0.39 is 0 Å². The van der Waals surface area contributed by atoms with E-state index in [2.05, 4.69) is 377 Å². The van der Waals surface area contributed by atoms with Crippen molar-refractivity contribution in [3.05, 3.63) is 355 Å². The van der Waals surface area contributed by atoms with E-state index in [4.69, 9.17) is 0 Å². The van der Waals surface area contributed by atoms with Gasteiger partial charge in [0.05, 0.1) is 11.0 Å². The molecule has 0 aliphatic carbocycles. The molecule has 0 bridgehead atoms. The highest BCUT2D eigenvalue weighted by molar-refractivity contribution is 6.12. The number of rotatable bonds is 14. The van der Waals surface area contributed by atoms with Crippen LogP contribution in [-0.4, -0.2) is 4.57 Å². The maximum Gasteiger partial charge on any atom is 0.0541 e. The zero-order valence-electron chi connectivity index (χ0n) is 52.5. The van der Waals surface area contributed by atoms with Crippen LogP contribution in [0.4, 0.5) is 34.1 Å². The van der Waals surface area contributed by atoms with Gasteiger partial charge in [-0.3, -0.25) is 0 Å². The van der Waals surface area contributed by atoms with Gasteiger partial charge in [-0.05, 0) is 233 Å². The average molecular weight is 1180 g/mol. The zero-order valence-corrected chi connectivity index (χ0v) is 52.5. The first-order chi connectivity index (χ1) is 45.1. The molecule has 3 nitrogen and oxygen atoms in total. The fourth-order valence-corrected chi connectivity index (χ4v) is 13.3. The van der Waals surface area contributed by atoms with Crippen LogP contribution in [0.2, 0.25) is 0 Å². The monoisotopic (exact) mass is 1180 g/mol. The van der Waals surface area contributed by atoms with Crippen molar-refractivity contribution in [1.82, 2.24) is 4.57 Å². The molecule has 0 unspecified atom stereocenters. The molecule has 92 heavy (non-hydrogen) atoms. The molecule has 0 atom stereocenters. The van der Waals surface area contributed by atoms with Crippen molar-refractivity contribution < 1.29 is 0 Å². The van der Waals surface area contributed by atoms with Gasteiger partial charge in [-0.1, -0.05) is 235 Å². The molecule has 15 aromatic rings. The summed E-state index contributed by atoms with van der Waals surface area (Å²) in [5.74, 6) is 0. The summed E-state index contributed by atoms with van der Waals surface area (Å²) in [7, 11) is 0. The maximum absolute atomic E-state index is 2.44. The van der Waals surface area contributed by atoms with Crippen LogP contribution < -0.4 is 9.80 Å². The molecule has 14 aromatic carbocycles. The molecule has 0 aliphatic heterocycles. The molecule has 0 amide bonds. The van der Waals surface area contributed by atoms with Gasteiger partial charge in [-0.15, -0.1) is 0 Å². The SMILES string of the molecule is Cc1ccc(-c2ccc(N(c3ccccc3)c3ccc(-c4ccc(-c5ccc6c(c5)c5cc(-c7ccc(-c8ccc(N(c9ccccc9)c9ccc(-c%10ccc(C)cc%10)cc9)cc8)cc7C)ccc5n6-c5ccc(-c6ccc(C)cc6)cc5)c(C)c4)cc3)cc2)cc1. The Hall–Kier alpha value is -11.5. The summed E-state index contributed by atoms with van der Waals surface area (Å²) in [6.45, 7) is 10.9. The van der Waals surface area contributed by atoms with Crippen molar-refractivity contribution in [2.75, 3.05) is 9.80 Å². The summed E-state index contributed by atoms with van der Waals surface area (Å²) in [5, 5.41) is 2.44. The first-order valence-electron chi connectivity index (χ1n) is 31.9. The van der Waals surface area contributed by atoms with Crippen LogP contribution in [0, 0.1) is 34.6 Å². The Labute approximate surface area is 540 Å². The fourth-order valence-electron chi connectivity index (χ4n) is 13.3. The van der Waals surface area contributed by atoms with Gasteiger partial charge in [-0.25, -0.2) is 0 Å². The Morgan fingerprint density at radius 3 is 0.761 bits per heavy atom. The number of nitrogens with zero attached hydrogens (tertiary/aromatic N) is 3. The van der Waals surface area contributed by atoms with Crippen molar-refractivity contribution in [1.29, 1.82) is 0 Å². The van der Waals surface area contributed by atoms with Crippen LogP contribution in [0.5, 0.6) is 0 Å². The quantitative estimate of drug-likeness (QED) is 0.108. The lowest BCUT2D eigenvalue weighted by Gasteiger charge is -2.26. The van der Waals surface area contributed by atoms with Crippen molar-refractivity contribution in [2.24, 2.45) is 0 Å². The topological polar surface area (TPSA) is 11.4 Å². The van der Waals surface area contributed by atoms with Crippen LogP contribution in [0.1, 0.15) is 27.8 Å². The van der Waals surface area contributed by atoms with E-state index in [9.17, 15) is 0 Å². The molecule has 1 heterocycles. The summed E-state index contributed by atoms with van der Waals surface area (Å²) in [6.07, 6.45) is 0. The smallest absolute Gasteiger partial charge is 0.0541 e. The van der Waals surface area contributed by atoms with E-state index in [0.29, 0.717) is 0 Å². The molecule has 0 aliphatic rings. The van der Waals surface area contributed by atoms with E-state index in [1.807, 2.05) is 0 Å². The molecular weight excluding hydrogens is 1110 g/mol. The summed E-state index contributed by atoms with van der Waals surface area (Å²) in [4.78, 5) is 4.67. The minimum absolute atomic E-state index is 1.10. The van der Waals surface area contributed by atoms with Crippen LogP contribution >= 0.6 is 0 Å². The lowest BCUT2D eigenvalue weighted by atomic mass is 9.93. The Bertz CT molecular complexity index is 4820. The highest BCUT2D eigenvalue weighted by Gasteiger charge is 2.19. The Morgan fingerprint density at radius 1 is 0.207 bits per heavy atom. The number of para-hydroxylation sites is 2. The average Bonchev–Trinajstić information content (AvgIpc) is 1.58. The molecule has 0 saturated carbocycles. The maximum atomic E-state index is 2.44. The van der Waals surface area contributed by atoms with E-state index in [0.717, 1.165) is 39.8 Å². The predicted molar refractivity (Wildman–Crippen MR) is 392 cm³/mol. The molecular formula is C89H69N3. The molecule has 0 fully saturated rings. The second kappa shape index (κ2) is 24.5. The second-order valence-electron chi connectivity index (χ2n) is 24.5. The van der Waals surface area contributed by atoms with Gasteiger partial charge in [0.2, 0.25) is 0 Å². The molecule has 0 radical (unpaired) electrons. The van der Waals surface area contributed by atoms with Gasteiger partial charge >= 0.3 is 0 Å². The standard InChI is InChI=1S/C89H69N3/c1-60-16-22-65(23-17-60)68-28-42-79(43-29-68)90(77-12-8-6-9-13-77)81-46-34-71(35-47-81)73-38-52-84(63(4)56-73)75-40-54-88-86(58-75)87-59-76(41-55-89(87)92(88)83-50-32-70(33-51-83)67-26-20-62(3)21-27-67)85-53-39-74(57-64(85)5)72-36-48-82(49-37-72)91(78-14-10-7-11-15-78)80-44-30-69(31-45-80)66-24-18-61(2)19-25-66/h6-59H,1-5H3. The van der Waals surface area contributed by atoms with Gasteiger partial charge in [0.1, 0.15) is 0 Å². The summed E-state index contributed by atoms with van der Waals surface area (Å²) < 4.78 is 2.44. The molecule has 3 heteroatoms. The predicted octanol–water partition coefficient (Wildman–Crippen LogP) is 24.9. The Kier molecular flexibility index (Phi) is 15.1. The molecule has 0 N–H and O–H groups in total. The fraction of sp³-hybridized carbons (Fsp3) is 0.0562. The molecule has 0 saturated heterocycles. The second-order valence-corrected chi connectivity index (χ2v) is 24.5. The zero-order chi connectivity index (χ0) is 62.2. The van der Waals surface area contributed by atoms with E-state index >= 15 is 0 Å². The first-order valence-corrected chi connectivity index (χ1v) is 31.9. The van der Waals surface area contributed by atoms with Gasteiger partial charge < -0.3 is 14.4 Å². The number of hydrogen-bond donors (Lipinski definition) is 0.